The first-order chi connectivity index (χ1) is 5.75. The van der Waals surface area contributed by atoms with Gasteiger partial charge < -0.3 is 10.2 Å². The van der Waals surface area contributed by atoms with Crippen molar-refractivity contribution in [3.8, 4) is 0 Å². The second kappa shape index (κ2) is 4.01. The molecule has 1 unspecified atom stereocenters. The maximum absolute atomic E-state index is 10.7. The average Bonchev–Trinajstić information content (AvgIpc) is 1.99. The standard InChI is InChI=1S/C5H11NO6S/c1-13(11,12)3-5(9,2-7)4(8)6-10/h7,9-10H,2-3H2,1H3,(H,6,8). The van der Waals surface area contributed by atoms with E-state index in [-0.39, 0.29) is 0 Å². The van der Waals surface area contributed by atoms with Crippen LogP contribution in [-0.4, -0.2) is 54.0 Å². The molecule has 0 aromatic heterocycles. The minimum Gasteiger partial charge on any atom is -0.393 e. The third-order valence-electron chi connectivity index (χ3n) is 1.29. The lowest BCUT2D eigenvalue weighted by Crippen LogP contribution is -2.53. The number of nitrogens with one attached hydrogen (secondary N) is 1. The van der Waals surface area contributed by atoms with Crippen molar-refractivity contribution in [1.29, 1.82) is 0 Å². The van der Waals surface area contributed by atoms with Crippen molar-refractivity contribution in [3.05, 3.63) is 0 Å². The molecule has 0 aliphatic heterocycles. The zero-order valence-corrected chi connectivity index (χ0v) is 7.71. The Balaban J connectivity index is 4.76. The highest BCUT2D eigenvalue weighted by Gasteiger charge is 2.38. The van der Waals surface area contributed by atoms with E-state index < -0.39 is 33.7 Å². The van der Waals surface area contributed by atoms with E-state index in [1.807, 2.05) is 0 Å². The summed E-state index contributed by atoms with van der Waals surface area (Å²) in [5.74, 6) is -2.32. The summed E-state index contributed by atoms with van der Waals surface area (Å²) in [6.07, 6.45) is 0.790. The lowest BCUT2D eigenvalue weighted by molar-refractivity contribution is -0.150. The van der Waals surface area contributed by atoms with Crippen LogP contribution in [0.25, 0.3) is 0 Å². The van der Waals surface area contributed by atoms with Crippen LogP contribution in [0.1, 0.15) is 0 Å². The Hall–Kier alpha value is -0.700. The van der Waals surface area contributed by atoms with Crippen LogP contribution in [0.3, 0.4) is 0 Å². The Morgan fingerprint density at radius 3 is 2.23 bits per heavy atom. The fourth-order valence-electron chi connectivity index (χ4n) is 0.721. The molecule has 0 aliphatic rings. The summed E-state index contributed by atoms with van der Waals surface area (Å²) < 4.78 is 21.4. The molecular formula is C5H11NO6S. The zero-order chi connectivity index (χ0) is 10.7. The number of hydroxylamine groups is 1. The van der Waals surface area contributed by atoms with Crippen LogP contribution in [-0.2, 0) is 14.6 Å². The minimum absolute atomic E-state index is 0.790. The Bertz CT molecular complexity index is 285. The van der Waals surface area contributed by atoms with Crippen molar-refractivity contribution in [2.45, 2.75) is 5.60 Å². The van der Waals surface area contributed by atoms with Gasteiger partial charge in [-0.15, -0.1) is 0 Å². The van der Waals surface area contributed by atoms with Crippen LogP contribution in [0.4, 0.5) is 0 Å². The summed E-state index contributed by atoms with van der Waals surface area (Å²) in [6, 6.07) is 0. The molecule has 7 nitrogen and oxygen atoms in total. The first-order valence-electron chi connectivity index (χ1n) is 3.20. The van der Waals surface area contributed by atoms with Gasteiger partial charge in [0.25, 0.3) is 5.91 Å². The lowest BCUT2D eigenvalue weighted by atomic mass is 10.1. The maximum Gasteiger partial charge on any atom is 0.278 e. The molecular weight excluding hydrogens is 202 g/mol. The van der Waals surface area contributed by atoms with Crippen LogP contribution in [0.2, 0.25) is 0 Å². The summed E-state index contributed by atoms with van der Waals surface area (Å²) in [5.41, 5.74) is -1.43. The lowest BCUT2D eigenvalue weighted by Gasteiger charge is -2.21. The monoisotopic (exact) mass is 213 g/mol. The number of rotatable bonds is 4. The third kappa shape index (κ3) is 3.68. The molecule has 0 aromatic carbocycles. The molecule has 0 radical (unpaired) electrons. The number of aliphatic hydroxyl groups is 2. The van der Waals surface area contributed by atoms with Gasteiger partial charge in [-0.2, -0.15) is 0 Å². The van der Waals surface area contributed by atoms with Crippen molar-refractivity contribution in [2.75, 3.05) is 18.6 Å². The van der Waals surface area contributed by atoms with Crippen molar-refractivity contribution in [3.63, 3.8) is 0 Å². The van der Waals surface area contributed by atoms with Gasteiger partial charge in [-0.25, -0.2) is 13.9 Å². The van der Waals surface area contributed by atoms with Crippen molar-refractivity contribution in [2.24, 2.45) is 0 Å². The van der Waals surface area contributed by atoms with Gasteiger partial charge in [-0.05, 0) is 0 Å². The Kier molecular flexibility index (Phi) is 3.79. The Labute approximate surface area is 74.9 Å². The van der Waals surface area contributed by atoms with E-state index in [2.05, 4.69) is 0 Å². The fraction of sp³-hybridized carbons (Fsp3) is 0.800. The zero-order valence-electron chi connectivity index (χ0n) is 6.89. The van der Waals surface area contributed by atoms with E-state index in [4.69, 9.17) is 10.3 Å². The van der Waals surface area contributed by atoms with Gasteiger partial charge in [0, 0.05) is 6.26 Å². The molecule has 0 fully saturated rings. The molecule has 0 aliphatic carbocycles. The molecule has 0 spiro atoms. The first-order valence-corrected chi connectivity index (χ1v) is 5.27. The maximum atomic E-state index is 10.7. The molecule has 8 heteroatoms. The highest BCUT2D eigenvalue weighted by Crippen LogP contribution is 2.06. The van der Waals surface area contributed by atoms with Gasteiger partial charge in [-0.3, -0.25) is 10.0 Å². The molecule has 0 aromatic rings. The summed E-state index contributed by atoms with van der Waals surface area (Å²) in [7, 11) is -3.63. The predicted octanol–water partition coefficient (Wildman–Crippen LogP) is -2.74. The molecule has 0 saturated carbocycles. The highest BCUT2D eigenvalue weighted by molar-refractivity contribution is 7.90. The van der Waals surface area contributed by atoms with E-state index in [1.165, 1.54) is 0 Å². The minimum atomic E-state index is -3.63. The van der Waals surface area contributed by atoms with E-state index in [9.17, 15) is 18.3 Å². The van der Waals surface area contributed by atoms with Gasteiger partial charge in [0.1, 0.15) is 0 Å². The second-order valence-electron chi connectivity index (χ2n) is 2.70. The van der Waals surface area contributed by atoms with Gasteiger partial charge in [0.2, 0.25) is 0 Å². The van der Waals surface area contributed by atoms with Crippen molar-refractivity contribution < 1.29 is 28.6 Å². The van der Waals surface area contributed by atoms with E-state index in [0.717, 1.165) is 11.7 Å². The van der Waals surface area contributed by atoms with Gasteiger partial charge >= 0.3 is 0 Å². The molecule has 0 bridgehead atoms. The molecule has 1 amide bonds. The van der Waals surface area contributed by atoms with E-state index in [0.29, 0.717) is 0 Å². The molecule has 4 N–H and O–H groups in total. The summed E-state index contributed by atoms with van der Waals surface area (Å²) in [5, 5.41) is 25.9. The normalized spacial score (nSPS) is 16.3. The first kappa shape index (κ1) is 12.3. The summed E-state index contributed by atoms with van der Waals surface area (Å²) in [6.45, 7) is -1.09. The van der Waals surface area contributed by atoms with Crippen LogP contribution < -0.4 is 5.48 Å². The molecule has 1 atom stereocenters. The number of hydrogen-bond acceptors (Lipinski definition) is 6. The predicted molar refractivity (Wildman–Crippen MR) is 41.7 cm³/mol. The number of carbonyl (C=O) groups is 1. The second-order valence-corrected chi connectivity index (χ2v) is 4.84. The van der Waals surface area contributed by atoms with E-state index >= 15 is 0 Å². The molecule has 78 valence electrons. The largest absolute Gasteiger partial charge is 0.393 e. The van der Waals surface area contributed by atoms with Crippen molar-refractivity contribution >= 4 is 15.7 Å². The topological polar surface area (TPSA) is 124 Å². The van der Waals surface area contributed by atoms with Crippen LogP contribution in [0.15, 0.2) is 0 Å². The smallest absolute Gasteiger partial charge is 0.278 e. The molecule has 0 rings (SSSR count). The quantitative estimate of drug-likeness (QED) is 0.296. The van der Waals surface area contributed by atoms with Crippen LogP contribution >= 0.6 is 0 Å². The Morgan fingerprint density at radius 1 is 1.54 bits per heavy atom. The molecule has 0 heterocycles. The Morgan fingerprint density at radius 2 is 2.00 bits per heavy atom. The van der Waals surface area contributed by atoms with Gasteiger partial charge in [0.15, 0.2) is 15.4 Å². The van der Waals surface area contributed by atoms with Crippen LogP contribution in [0.5, 0.6) is 0 Å². The number of carbonyl (C=O) groups excluding carboxylic acids is 1. The average molecular weight is 213 g/mol. The highest BCUT2D eigenvalue weighted by atomic mass is 32.2. The number of aliphatic hydroxyl groups excluding tert-OH is 1. The van der Waals surface area contributed by atoms with E-state index in [1.54, 1.807) is 0 Å². The molecule has 0 saturated heterocycles. The van der Waals surface area contributed by atoms with Crippen LogP contribution in [0, 0.1) is 0 Å². The number of amides is 1. The number of hydrogen-bond donors (Lipinski definition) is 4. The SMILES string of the molecule is CS(=O)(=O)CC(O)(CO)C(=O)NO. The fourth-order valence-corrected chi connectivity index (χ4v) is 1.81. The van der Waals surface area contributed by atoms with Crippen molar-refractivity contribution in [1.82, 2.24) is 5.48 Å². The number of sulfone groups is 1. The van der Waals surface area contributed by atoms with Gasteiger partial charge in [0.05, 0.1) is 12.4 Å². The third-order valence-corrected chi connectivity index (χ3v) is 2.29. The summed E-state index contributed by atoms with van der Waals surface area (Å²) >= 11 is 0. The van der Waals surface area contributed by atoms with Gasteiger partial charge in [-0.1, -0.05) is 0 Å². The molecule has 13 heavy (non-hydrogen) atoms. The summed E-state index contributed by atoms with van der Waals surface area (Å²) in [4.78, 5) is 10.7.